The fourth-order valence-electron chi connectivity index (χ4n) is 5.07. The summed E-state index contributed by atoms with van der Waals surface area (Å²) >= 11 is 0. The predicted molar refractivity (Wildman–Crippen MR) is 175 cm³/mol. The van der Waals surface area contributed by atoms with Gasteiger partial charge in [-0.25, -0.2) is 13.1 Å². The number of carbonyl (C=O) groups is 3. The minimum absolute atomic E-state index is 0.0976. The molecule has 0 saturated carbocycles. The lowest BCUT2D eigenvalue weighted by Gasteiger charge is -2.40. The quantitative estimate of drug-likeness (QED) is 0.207. The van der Waals surface area contributed by atoms with Crippen molar-refractivity contribution in [2.45, 2.75) is 83.8 Å². The van der Waals surface area contributed by atoms with Gasteiger partial charge in [-0.1, -0.05) is 84.9 Å². The number of amides is 3. The highest BCUT2D eigenvalue weighted by atomic mass is 32.2. The number of benzene rings is 2. The molecule has 10 nitrogen and oxygen atoms in total. The highest BCUT2D eigenvalue weighted by Crippen LogP contribution is 2.29. The highest BCUT2D eigenvalue weighted by Gasteiger charge is 2.41. The lowest BCUT2D eigenvalue weighted by Crippen LogP contribution is -2.61. The van der Waals surface area contributed by atoms with Crippen LogP contribution >= 0.6 is 0 Å². The van der Waals surface area contributed by atoms with E-state index in [4.69, 9.17) is 5.73 Å². The zero-order valence-electron chi connectivity index (χ0n) is 27.6. The Morgan fingerprint density at radius 2 is 1.45 bits per heavy atom. The summed E-state index contributed by atoms with van der Waals surface area (Å²) in [6.45, 7) is 14.9. The summed E-state index contributed by atoms with van der Waals surface area (Å²) in [7, 11) is -0.796. The normalized spacial score (nSPS) is 14.8. The van der Waals surface area contributed by atoms with Crippen LogP contribution in [0.4, 0.5) is 5.69 Å². The molecule has 44 heavy (non-hydrogen) atoms. The lowest BCUT2D eigenvalue weighted by atomic mass is 9.76. The van der Waals surface area contributed by atoms with Crippen molar-refractivity contribution in [2.24, 2.45) is 11.3 Å². The Hall–Kier alpha value is -3.70. The van der Waals surface area contributed by atoms with Crippen LogP contribution in [0.3, 0.4) is 0 Å². The van der Waals surface area contributed by atoms with Crippen molar-refractivity contribution in [3.8, 4) is 0 Å². The first-order valence-electron chi connectivity index (χ1n) is 14.6. The summed E-state index contributed by atoms with van der Waals surface area (Å²) in [5, 5.41) is 6.14. The van der Waals surface area contributed by atoms with Gasteiger partial charge in [-0.05, 0) is 55.1 Å². The van der Waals surface area contributed by atoms with Gasteiger partial charge in [0.25, 0.3) is 15.9 Å². The fourth-order valence-corrected chi connectivity index (χ4v) is 6.09. The number of sulfonamides is 1. The molecule has 2 aromatic carbocycles. The molecule has 2 rings (SSSR count). The van der Waals surface area contributed by atoms with Crippen molar-refractivity contribution < 1.29 is 22.8 Å². The van der Waals surface area contributed by atoms with E-state index < -0.39 is 44.9 Å². The SMILES string of the molecule is CN[C@H](C(=O)N[C@H](C(=O)N(C)[C@H](/C=C(\C)C(=O)NS(=O)(=O)c1ccc(N)cc1)C(C)C)C(C)(C)C)C(C)(C)c1ccccc1. The number of nitrogens with one attached hydrogen (secondary N) is 3. The lowest BCUT2D eigenvalue weighted by molar-refractivity contribution is -0.140. The van der Waals surface area contributed by atoms with Crippen molar-refractivity contribution in [2.75, 3.05) is 19.8 Å². The topological polar surface area (TPSA) is 151 Å². The second-order valence-electron chi connectivity index (χ2n) is 13.2. The number of carbonyl (C=O) groups excluding carboxylic acids is 3. The molecule has 0 heterocycles. The minimum Gasteiger partial charge on any atom is -0.399 e. The molecule has 0 unspecified atom stereocenters. The van der Waals surface area contributed by atoms with Crippen LogP contribution in [0.15, 0.2) is 71.1 Å². The molecule has 5 N–H and O–H groups in total. The molecule has 0 aliphatic heterocycles. The van der Waals surface area contributed by atoms with Gasteiger partial charge < -0.3 is 21.3 Å². The van der Waals surface area contributed by atoms with E-state index in [1.807, 2.05) is 78.8 Å². The summed E-state index contributed by atoms with van der Waals surface area (Å²) in [5.41, 5.74) is 5.90. The average Bonchev–Trinajstić information content (AvgIpc) is 2.93. The smallest absolute Gasteiger partial charge is 0.264 e. The van der Waals surface area contributed by atoms with Gasteiger partial charge in [0.1, 0.15) is 6.04 Å². The summed E-state index contributed by atoms with van der Waals surface area (Å²) in [6.07, 6.45) is 1.58. The Bertz CT molecular complexity index is 1450. The van der Waals surface area contributed by atoms with E-state index >= 15 is 0 Å². The third kappa shape index (κ3) is 8.92. The maximum Gasteiger partial charge on any atom is 0.264 e. The van der Waals surface area contributed by atoms with Gasteiger partial charge in [0.2, 0.25) is 11.8 Å². The molecular formula is C33H49N5O5S. The van der Waals surface area contributed by atoms with Crippen LogP contribution in [-0.2, 0) is 29.8 Å². The maximum absolute atomic E-state index is 14.0. The van der Waals surface area contributed by atoms with Crippen molar-refractivity contribution in [3.63, 3.8) is 0 Å². The molecule has 0 aliphatic rings. The van der Waals surface area contributed by atoms with E-state index in [-0.39, 0.29) is 28.2 Å². The van der Waals surface area contributed by atoms with Crippen LogP contribution in [-0.4, -0.2) is 63.3 Å². The van der Waals surface area contributed by atoms with Crippen LogP contribution in [0, 0.1) is 11.3 Å². The van der Waals surface area contributed by atoms with Crippen molar-refractivity contribution in [3.05, 3.63) is 71.8 Å². The second kappa shape index (κ2) is 14.4. The number of anilines is 1. The van der Waals surface area contributed by atoms with Gasteiger partial charge in [-0.2, -0.15) is 0 Å². The molecule has 3 atom stereocenters. The Kier molecular flexibility index (Phi) is 11.9. The Morgan fingerprint density at radius 1 is 0.909 bits per heavy atom. The first kappa shape index (κ1) is 36.5. The van der Waals surface area contributed by atoms with E-state index in [0.29, 0.717) is 5.69 Å². The molecule has 0 aromatic heterocycles. The molecule has 0 bridgehead atoms. The third-order valence-corrected chi connectivity index (χ3v) is 9.21. The van der Waals surface area contributed by atoms with Gasteiger partial charge in [0.15, 0.2) is 0 Å². The van der Waals surface area contributed by atoms with Gasteiger partial charge in [0.05, 0.1) is 17.0 Å². The molecule has 0 radical (unpaired) electrons. The largest absolute Gasteiger partial charge is 0.399 e. The third-order valence-electron chi connectivity index (χ3n) is 7.86. The number of hydrogen-bond acceptors (Lipinski definition) is 7. The van der Waals surface area contributed by atoms with Crippen molar-refractivity contribution >= 4 is 33.4 Å². The monoisotopic (exact) mass is 627 g/mol. The number of nitrogen functional groups attached to an aromatic ring is 1. The van der Waals surface area contributed by atoms with E-state index in [1.165, 1.54) is 36.1 Å². The van der Waals surface area contributed by atoms with Gasteiger partial charge in [0, 0.05) is 23.7 Å². The van der Waals surface area contributed by atoms with Crippen LogP contribution in [0.2, 0.25) is 0 Å². The predicted octanol–water partition coefficient (Wildman–Crippen LogP) is 3.60. The van der Waals surface area contributed by atoms with E-state index in [9.17, 15) is 22.8 Å². The van der Waals surface area contributed by atoms with Crippen molar-refractivity contribution in [1.82, 2.24) is 20.3 Å². The summed E-state index contributed by atoms with van der Waals surface area (Å²) in [6, 6.07) is 13.1. The second-order valence-corrected chi connectivity index (χ2v) is 14.8. The van der Waals surface area contributed by atoms with Crippen molar-refractivity contribution in [1.29, 1.82) is 0 Å². The number of nitrogens with two attached hydrogens (primary N) is 1. The first-order valence-corrected chi connectivity index (χ1v) is 16.1. The molecule has 3 amide bonds. The number of nitrogens with zero attached hydrogens (tertiary/aromatic N) is 1. The molecule has 0 aliphatic carbocycles. The van der Waals surface area contributed by atoms with Gasteiger partial charge in [-0.15, -0.1) is 0 Å². The first-order chi connectivity index (χ1) is 20.2. The number of hydrogen-bond donors (Lipinski definition) is 4. The van der Waals surface area contributed by atoms with Crippen LogP contribution in [0.1, 0.15) is 61.0 Å². The zero-order chi connectivity index (χ0) is 33.6. The van der Waals surface area contributed by atoms with Crippen LogP contribution in [0.5, 0.6) is 0 Å². The Labute approximate surface area is 262 Å². The zero-order valence-corrected chi connectivity index (χ0v) is 28.4. The van der Waals surface area contributed by atoms with Gasteiger partial charge in [-0.3, -0.25) is 14.4 Å². The van der Waals surface area contributed by atoms with E-state index in [2.05, 4.69) is 15.4 Å². The average molecular weight is 628 g/mol. The molecule has 0 spiro atoms. The highest BCUT2D eigenvalue weighted by molar-refractivity contribution is 7.90. The molecular weight excluding hydrogens is 578 g/mol. The molecule has 0 saturated heterocycles. The van der Waals surface area contributed by atoms with Crippen LogP contribution < -0.4 is 21.1 Å². The standard InChI is InChI=1S/C33H49N5O5S/c1-21(2)26(20-22(3)29(39)37-44(42,43)25-18-16-24(34)17-19-25)38(10)31(41)28(32(4,5)6)36-30(40)27(35-9)33(7,8)23-14-12-11-13-15-23/h11-21,26-28,35H,34H2,1-10H3,(H,36,40)(H,37,39)/b22-20+/t26-,27-,28-/m1/s1. The maximum atomic E-state index is 14.0. The molecule has 0 fully saturated rings. The minimum atomic E-state index is -4.13. The fraction of sp³-hybridized carbons (Fsp3) is 0.485. The molecule has 2 aromatic rings. The molecule has 11 heteroatoms. The summed E-state index contributed by atoms with van der Waals surface area (Å²) < 4.78 is 27.6. The number of likely N-dealkylation sites (N-methyl/N-ethyl adjacent to an activating group) is 2. The van der Waals surface area contributed by atoms with Gasteiger partial charge >= 0.3 is 0 Å². The van der Waals surface area contributed by atoms with E-state index in [1.54, 1.807) is 20.2 Å². The summed E-state index contributed by atoms with van der Waals surface area (Å²) in [5.74, 6) is -1.60. The molecule has 242 valence electrons. The Morgan fingerprint density at radius 3 is 1.93 bits per heavy atom. The Balaban J connectivity index is 2.33. The van der Waals surface area contributed by atoms with E-state index in [0.717, 1.165) is 5.56 Å². The summed E-state index contributed by atoms with van der Waals surface area (Å²) in [4.78, 5) is 42.2. The number of rotatable bonds is 12. The van der Waals surface area contributed by atoms with Crippen LogP contribution in [0.25, 0.3) is 0 Å².